The SMILES string of the molecule is CCOC(=O)[C@@H]1C(=O)NC(N2CCN(c3ccc(Cl)cc3)CC2)=N[C@H]1c1ccc(C)cc1. The lowest BCUT2D eigenvalue weighted by Crippen LogP contribution is -2.57. The van der Waals surface area contributed by atoms with Gasteiger partial charge in [-0.25, -0.2) is 4.99 Å². The van der Waals surface area contributed by atoms with Gasteiger partial charge in [0, 0.05) is 36.9 Å². The Morgan fingerprint density at radius 2 is 1.69 bits per heavy atom. The van der Waals surface area contributed by atoms with E-state index in [2.05, 4.69) is 15.1 Å². The number of halogens is 1. The highest BCUT2D eigenvalue weighted by Crippen LogP contribution is 2.31. The second kappa shape index (κ2) is 9.61. The Labute approximate surface area is 193 Å². The molecule has 2 aliphatic rings. The molecular formula is C24H27ClN4O3. The van der Waals surface area contributed by atoms with Crippen molar-refractivity contribution < 1.29 is 14.3 Å². The van der Waals surface area contributed by atoms with Crippen LogP contribution in [0.1, 0.15) is 24.1 Å². The van der Waals surface area contributed by atoms with E-state index in [9.17, 15) is 9.59 Å². The van der Waals surface area contributed by atoms with E-state index in [1.807, 2.05) is 55.5 Å². The third kappa shape index (κ3) is 4.72. The van der Waals surface area contributed by atoms with E-state index in [0.717, 1.165) is 29.9 Å². The van der Waals surface area contributed by atoms with E-state index < -0.39 is 17.9 Å². The molecule has 7 nitrogen and oxygen atoms in total. The number of carbonyl (C=O) groups excluding carboxylic acids is 2. The first-order chi connectivity index (χ1) is 15.5. The van der Waals surface area contributed by atoms with E-state index in [1.54, 1.807) is 6.92 Å². The van der Waals surface area contributed by atoms with E-state index in [0.29, 0.717) is 24.1 Å². The highest BCUT2D eigenvalue weighted by molar-refractivity contribution is 6.30. The van der Waals surface area contributed by atoms with Crippen LogP contribution in [-0.4, -0.2) is 55.5 Å². The Kier molecular flexibility index (Phi) is 6.65. The second-order valence-corrected chi connectivity index (χ2v) is 8.41. The first-order valence-electron chi connectivity index (χ1n) is 10.8. The van der Waals surface area contributed by atoms with Crippen LogP contribution in [0.4, 0.5) is 5.69 Å². The quantitative estimate of drug-likeness (QED) is 0.567. The number of benzene rings is 2. The van der Waals surface area contributed by atoms with Gasteiger partial charge in [-0.05, 0) is 43.7 Å². The number of piperazine rings is 1. The molecule has 2 heterocycles. The zero-order chi connectivity index (χ0) is 22.7. The Morgan fingerprint density at radius 1 is 1.06 bits per heavy atom. The van der Waals surface area contributed by atoms with Gasteiger partial charge in [-0.3, -0.25) is 14.9 Å². The summed E-state index contributed by atoms with van der Waals surface area (Å²) >= 11 is 6.00. The van der Waals surface area contributed by atoms with Gasteiger partial charge in [-0.15, -0.1) is 0 Å². The molecule has 2 aromatic rings. The molecule has 0 bridgehead atoms. The maximum atomic E-state index is 13.0. The van der Waals surface area contributed by atoms with Crippen LogP contribution < -0.4 is 10.2 Å². The number of carbonyl (C=O) groups is 2. The van der Waals surface area contributed by atoms with E-state index in [1.165, 1.54) is 0 Å². The van der Waals surface area contributed by atoms with Crippen LogP contribution in [0, 0.1) is 12.8 Å². The van der Waals surface area contributed by atoms with Gasteiger partial charge in [0.05, 0.1) is 6.61 Å². The number of ether oxygens (including phenoxy) is 1. The minimum absolute atomic E-state index is 0.215. The number of amides is 1. The standard InChI is InChI=1S/C24H27ClN4O3/c1-3-32-23(31)20-21(17-6-4-16(2)5-7-17)26-24(27-22(20)30)29-14-12-28(13-15-29)19-10-8-18(25)9-11-19/h4-11,20-21H,3,12-15H2,1-2H3,(H,26,27,30)/t20-,21-/m0/s1. The smallest absolute Gasteiger partial charge is 0.321 e. The fourth-order valence-electron chi connectivity index (χ4n) is 4.06. The second-order valence-electron chi connectivity index (χ2n) is 7.98. The number of esters is 1. The van der Waals surface area contributed by atoms with Crippen molar-refractivity contribution in [3.63, 3.8) is 0 Å². The zero-order valence-electron chi connectivity index (χ0n) is 18.3. The minimum Gasteiger partial charge on any atom is -0.465 e. The molecule has 1 saturated heterocycles. The van der Waals surface area contributed by atoms with Crippen LogP contribution in [0.5, 0.6) is 0 Å². The van der Waals surface area contributed by atoms with Crippen LogP contribution in [0.25, 0.3) is 0 Å². The van der Waals surface area contributed by atoms with E-state index >= 15 is 0 Å². The number of nitrogens with one attached hydrogen (secondary N) is 1. The highest BCUT2D eigenvalue weighted by atomic mass is 35.5. The summed E-state index contributed by atoms with van der Waals surface area (Å²) in [6, 6.07) is 14.9. The summed E-state index contributed by atoms with van der Waals surface area (Å²) < 4.78 is 5.18. The summed E-state index contributed by atoms with van der Waals surface area (Å²) in [6.07, 6.45) is 0. The maximum absolute atomic E-state index is 13.0. The summed E-state index contributed by atoms with van der Waals surface area (Å²) in [5.41, 5.74) is 3.04. The van der Waals surface area contributed by atoms with Crippen molar-refractivity contribution in [3.8, 4) is 0 Å². The average molecular weight is 455 g/mol. The number of nitrogens with zero attached hydrogens (tertiary/aromatic N) is 3. The first-order valence-corrected chi connectivity index (χ1v) is 11.2. The number of guanidine groups is 1. The van der Waals surface area contributed by atoms with Crippen molar-refractivity contribution in [1.29, 1.82) is 0 Å². The van der Waals surface area contributed by atoms with Crippen molar-refractivity contribution in [3.05, 3.63) is 64.7 Å². The Morgan fingerprint density at radius 3 is 2.31 bits per heavy atom. The van der Waals surface area contributed by atoms with Crippen molar-refractivity contribution in [2.75, 3.05) is 37.7 Å². The Hall–Kier alpha value is -3.06. The van der Waals surface area contributed by atoms with Crippen LogP contribution in [0.2, 0.25) is 5.02 Å². The predicted molar refractivity (Wildman–Crippen MR) is 125 cm³/mol. The fourth-order valence-corrected chi connectivity index (χ4v) is 4.18. The number of hydrogen-bond acceptors (Lipinski definition) is 6. The first kappa shape index (κ1) is 22.1. The predicted octanol–water partition coefficient (Wildman–Crippen LogP) is 3.18. The van der Waals surface area contributed by atoms with Gasteiger partial charge < -0.3 is 14.5 Å². The zero-order valence-corrected chi connectivity index (χ0v) is 19.0. The minimum atomic E-state index is -1.00. The lowest BCUT2D eigenvalue weighted by Gasteiger charge is -2.39. The molecule has 0 saturated carbocycles. The largest absolute Gasteiger partial charge is 0.465 e. The number of aryl methyl sites for hydroxylation is 1. The molecule has 2 atom stereocenters. The molecule has 0 radical (unpaired) electrons. The summed E-state index contributed by atoms with van der Waals surface area (Å²) in [5.74, 6) is -1.42. The summed E-state index contributed by atoms with van der Waals surface area (Å²) in [5, 5.41) is 3.56. The van der Waals surface area contributed by atoms with Gasteiger partial charge in [-0.2, -0.15) is 0 Å². The monoisotopic (exact) mass is 454 g/mol. The highest BCUT2D eigenvalue weighted by Gasteiger charge is 2.42. The van der Waals surface area contributed by atoms with Crippen molar-refractivity contribution in [2.24, 2.45) is 10.9 Å². The van der Waals surface area contributed by atoms with Gasteiger partial charge in [0.1, 0.15) is 6.04 Å². The van der Waals surface area contributed by atoms with Crippen molar-refractivity contribution in [1.82, 2.24) is 10.2 Å². The van der Waals surface area contributed by atoms with E-state index in [4.69, 9.17) is 21.3 Å². The van der Waals surface area contributed by atoms with Gasteiger partial charge >= 0.3 is 5.97 Å². The number of rotatable bonds is 4. The lowest BCUT2D eigenvalue weighted by atomic mass is 9.91. The third-order valence-electron chi connectivity index (χ3n) is 5.82. The molecular weight excluding hydrogens is 428 g/mol. The molecule has 0 aliphatic carbocycles. The molecule has 0 spiro atoms. The maximum Gasteiger partial charge on any atom is 0.321 e. The van der Waals surface area contributed by atoms with Crippen LogP contribution in [-0.2, 0) is 14.3 Å². The molecule has 32 heavy (non-hydrogen) atoms. The van der Waals surface area contributed by atoms with Crippen molar-refractivity contribution in [2.45, 2.75) is 19.9 Å². The molecule has 1 fully saturated rings. The molecule has 2 aromatic carbocycles. The number of anilines is 1. The lowest BCUT2D eigenvalue weighted by molar-refractivity contribution is -0.153. The Balaban J connectivity index is 1.55. The van der Waals surface area contributed by atoms with Gasteiger partial charge in [0.2, 0.25) is 11.9 Å². The Bertz CT molecular complexity index is 999. The molecule has 2 aliphatic heterocycles. The molecule has 0 unspecified atom stereocenters. The molecule has 0 aromatic heterocycles. The number of hydrogen-bond donors (Lipinski definition) is 1. The van der Waals surface area contributed by atoms with Crippen LogP contribution in [0.15, 0.2) is 53.5 Å². The van der Waals surface area contributed by atoms with Crippen LogP contribution >= 0.6 is 11.6 Å². The molecule has 1 N–H and O–H groups in total. The van der Waals surface area contributed by atoms with Gasteiger partial charge in [0.25, 0.3) is 0 Å². The molecule has 168 valence electrons. The van der Waals surface area contributed by atoms with E-state index in [-0.39, 0.29) is 12.5 Å². The van der Waals surface area contributed by atoms with Gasteiger partial charge in [0.15, 0.2) is 5.92 Å². The van der Waals surface area contributed by atoms with Gasteiger partial charge in [-0.1, -0.05) is 41.4 Å². The summed E-state index contributed by atoms with van der Waals surface area (Å²) in [7, 11) is 0. The fraction of sp³-hybridized carbons (Fsp3) is 0.375. The summed E-state index contributed by atoms with van der Waals surface area (Å²) in [6.45, 7) is 6.91. The molecule has 1 amide bonds. The van der Waals surface area contributed by atoms with Crippen molar-refractivity contribution >= 4 is 35.1 Å². The topological polar surface area (TPSA) is 74.2 Å². The molecule has 4 rings (SSSR count). The number of aliphatic imine (C=N–C) groups is 1. The third-order valence-corrected chi connectivity index (χ3v) is 6.08. The molecule has 8 heteroatoms. The summed E-state index contributed by atoms with van der Waals surface area (Å²) in [4.78, 5) is 34.7. The van der Waals surface area contributed by atoms with Crippen LogP contribution in [0.3, 0.4) is 0 Å². The average Bonchev–Trinajstić information content (AvgIpc) is 2.80. The normalized spacial score (nSPS) is 21.1.